The van der Waals surface area contributed by atoms with Crippen molar-refractivity contribution >= 4 is 5.97 Å². The minimum absolute atomic E-state index is 0.391. The van der Waals surface area contributed by atoms with Crippen LogP contribution in [0.4, 0.5) is 0 Å². The molecule has 0 amide bonds. The molecule has 2 atom stereocenters. The van der Waals surface area contributed by atoms with Crippen LogP contribution in [0.15, 0.2) is 42.5 Å². The normalized spacial score (nSPS) is 15.0. The molecule has 0 saturated heterocycles. The van der Waals surface area contributed by atoms with Crippen LogP contribution >= 0.6 is 0 Å². The van der Waals surface area contributed by atoms with E-state index in [1.165, 1.54) is 27.8 Å². The fourth-order valence-corrected chi connectivity index (χ4v) is 5.78. The molecular weight excluding hydrogens is 488 g/mol. The third-order valence-corrected chi connectivity index (χ3v) is 8.12. The Balaban J connectivity index is 1.57. The van der Waals surface area contributed by atoms with Crippen LogP contribution < -0.4 is 0 Å². The predicted molar refractivity (Wildman–Crippen MR) is 158 cm³/mol. The Labute approximate surface area is 236 Å². The Morgan fingerprint density at radius 1 is 0.846 bits per heavy atom. The second kappa shape index (κ2) is 15.0. The highest BCUT2D eigenvalue weighted by atomic mass is 16.9. The van der Waals surface area contributed by atoms with E-state index in [9.17, 15) is 9.90 Å². The molecule has 0 spiro atoms. The largest absolute Gasteiger partial charge is 0.481 e. The van der Waals surface area contributed by atoms with Crippen molar-refractivity contribution < 1.29 is 24.1 Å². The molecule has 0 bridgehead atoms. The van der Waals surface area contributed by atoms with Gasteiger partial charge in [0.1, 0.15) is 5.41 Å². The van der Waals surface area contributed by atoms with Gasteiger partial charge in [0, 0.05) is 0 Å². The summed E-state index contributed by atoms with van der Waals surface area (Å²) in [5, 5.41) is 10.4. The van der Waals surface area contributed by atoms with E-state index < -0.39 is 17.4 Å². The van der Waals surface area contributed by atoms with Gasteiger partial charge in [0.2, 0.25) is 0 Å². The molecule has 0 aromatic heterocycles. The first kappa shape index (κ1) is 31.3. The number of rotatable bonds is 19. The first-order valence-corrected chi connectivity index (χ1v) is 15.2. The highest BCUT2D eigenvalue weighted by Crippen LogP contribution is 2.43. The van der Waals surface area contributed by atoms with Gasteiger partial charge in [-0.1, -0.05) is 95.8 Å². The maximum atomic E-state index is 12.7. The van der Waals surface area contributed by atoms with Crippen molar-refractivity contribution in [3.8, 4) is 11.1 Å². The van der Waals surface area contributed by atoms with Gasteiger partial charge in [0.25, 0.3) is 5.97 Å². The molecule has 1 N–H and O–H groups in total. The van der Waals surface area contributed by atoms with Crippen LogP contribution in [-0.4, -0.2) is 36.9 Å². The number of carboxylic acids is 1. The van der Waals surface area contributed by atoms with Crippen LogP contribution in [0, 0.1) is 5.41 Å². The van der Waals surface area contributed by atoms with E-state index in [0.717, 1.165) is 57.8 Å². The van der Waals surface area contributed by atoms with E-state index in [-0.39, 0.29) is 0 Å². The van der Waals surface area contributed by atoms with Crippen LogP contribution in [0.25, 0.3) is 11.1 Å². The Morgan fingerprint density at radius 2 is 1.44 bits per heavy atom. The molecule has 216 valence electrons. The molecule has 2 unspecified atom stereocenters. The van der Waals surface area contributed by atoms with E-state index in [1.54, 1.807) is 6.92 Å². The quantitative estimate of drug-likeness (QED) is 0.122. The van der Waals surface area contributed by atoms with Crippen molar-refractivity contribution in [1.29, 1.82) is 0 Å². The number of carboxylic acid groups (broad SMARTS) is 1. The summed E-state index contributed by atoms with van der Waals surface area (Å²) in [7, 11) is 0. The van der Waals surface area contributed by atoms with Gasteiger partial charge in [-0.3, -0.25) is 4.79 Å². The number of carbonyl (C=O) groups is 1. The average molecular weight is 539 g/mol. The fraction of sp³-hybridized carbons (Fsp3) is 0.618. The van der Waals surface area contributed by atoms with Crippen molar-refractivity contribution in [1.82, 2.24) is 0 Å². The van der Waals surface area contributed by atoms with Crippen LogP contribution in [-0.2, 0) is 25.4 Å². The zero-order valence-electron chi connectivity index (χ0n) is 24.9. The Hall–Kier alpha value is -2.21. The molecule has 1 aliphatic carbocycles. The second-order valence-electron chi connectivity index (χ2n) is 11.3. The maximum absolute atomic E-state index is 12.7. The molecule has 0 saturated carbocycles. The summed E-state index contributed by atoms with van der Waals surface area (Å²) in [6.07, 6.45) is 8.84. The van der Waals surface area contributed by atoms with Gasteiger partial charge in [-0.15, -0.1) is 0 Å². The lowest BCUT2D eigenvalue weighted by molar-refractivity contribution is -0.422. The Bertz CT molecular complexity index is 1030. The monoisotopic (exact) mass is 538 g/mol. The van der Waals surface area contributed by atoms with Gasteiger partial charge in [-0.2, -0.15) is 0 Å². The number of hydrogen-bond donors (Lipinski definition) is 1. The molecule has 2 aromatic rings. The number of unbranched alkanes of at least 4 members (excludes halogenated alkanes) is 3. The Morgan fingerprint density at radius 3 is 2.05 bits per heavy atom. The number of benzene rings is 2. The lowest BCUT2D eigenvalue weighted by atomic mass is 9.81. The first-order chi connectivity index (χ1) is 18.8. The van der Waals surface area contributed by atoms with Crippen molar-refractivity contribution in [2.45, 2.75) is 111 Å². The van der Waals surface area contributed by atoms with E-state index in [0.29, 0.717) is 32.2 Å². The van der Waals surface area contributed by atoms with E-state index >= 15 is 0 Å². The summed E-state index contributed by atoms with van der Waals surface area (Å²) in [5.41, 5.74) is 5.88. The second-order valence-corrected chi connectivity index (χ2v) is 11.3. The number of fused-ring (bicyclic) bond motifs is 3. The Kier molecular flexibility index (Phi) is 12.0. The van der Waals surface area contributed by atoms with Gasteiger partial charge in [0.15, 0.2) is 0 Å². The van der Waals surface area contributed by atoms with Crippen molar-refractivity contribution in [2.75, 3.05) is 19.8 Å². The van der Waals surface area contributed by atoms with Crippen LogP contribution in [0.1, 0.15) is 115 Å². The third kappa shape index (κ3) is 7.31. The standard InChI is InChI=1S/C34H50O5/c1-6-22-37-34(38-23-7-2,39-24-8-3)33(5,32(35)36)21-14-10-9-11-16-26(4)28-19-15-20-30-29-18-13-12-17-27(29)25-31(28)30/h12-13,15,17-20,26H,6-11,14,16,21-25H2,1-5H3,(H,35,36). The molecule has 0 aliphatic heterocycles. The summed E-state index contributed by atoms with van der Waals surface area (Å²) >= 11 is 0. The molecule has 1 aliphatic rings. The van der Waals surface area contributed by atoms with Gasteiger partial charge in [-0.05, 0) is 79.2 Å². The minimum atomic E-state index is -1.57. The molecule has 2 aromatic carbocycles. The highest BCUT2D eigenvalue weighted by Gasteiger charge is 2.57. The molecule has 5 nitrogen and oxygen atoms in total. The minimum Gasteiger partial charge on any atom is -0.481 e. The zero-order valence-corrected chi connectivity index (χ0v) is 24.9. The average Bonchev–Trinajstić information content (AvgIpc) is 3.33. The summed E-state index contributed by atoms with van der Waals surface area (Å²) < 4.78 is 18.3. The van der Waals surface area contributed by atoms with Crippen molar-refractivity contribution in [3.63, 3.8) is 0 Å². The number of ether oxygens (including phenoxy) is 3. The summed E-state index contributed by atoms with van der Waals surface area (Å²) in [5.74, 6) is -2.00. The summed E-state index contributed by atoms with van der Waals surface area (Å²) in [6.45, 7) is 11.3. The highest BCUT2D eigenvalue weighted by molar-refractivity contribution is 5.78. The smallest absolute Gasteiger partial charge is 0.317 e. The van der Waals surface area contributed by atoms with Gasteiger partial charge >= 0.3 is 5.97 Å². The molecule has 0 heterocycles. The number of hydrogen-bond acceptors (Lipinski definition) is 4. The van der Waals surface area contributed by atoms with Crippen molar-refractivity contribution in [3.05, 3.63) is 59.2 Å². The lowest BCUT2D eigenvalue weighted by Gasteiger charge is -2.44. The van der Waals surface area contributed by atoms with Gasteiger partial charge < -0.3 is 19.3 Å². The molecule has 39 heavy (non-hydrogen) atoms. The summed E-state index contributed by atoms with van der Waals surface area (Å²) in [4.78, 5) is 12.7. The first-order valence-electron chi connectivity index (χ1n) is 15.2. The molecule has 3 rings (SSSR count). The van der Waals surface area contributed by atoms with E-state index in [1.807, 2.05) is 20.8 Å². The molecule has 0 fully saturated rings. The SMILES string of the molecule is CCCOC(OCCC)(OCCC)C(C)(CCCCCCC(C)c1cccc2c1Cc1ccccc1-2)C(=O)O. The number of aliphatic carboxylic acids is 1. The van der Waals surface area contributed by atoms with Crippen LogP contribution in [0.5, 0.6) is 0 Å². The van der Waals surface area contributed by atoms with Gasteiger partial charge in [0.05, 0.1) is 19.8 Å². The topological polar surface area (TPSA) is 65.0 Å². The zero-order chi connectivity index (χ0) is 28.3. The van der Waals surface area contributed by atoms with Crippen molar-refractivity contribution in [2.24, 2.45) is 5.41 Å². The van der Waals surface area contributed by atoms with Crippen LogP contribution in [0.3, 0.4) is 0 Å². The van der Waals surface area contributed by atoms with Gasteiger partial charge in [-0.25, -0.2) is 0 Å². The van der Waals surface area contributed by atoms with E-state index in [2.05, 4.69) is 49.4 Å². The maximum Gasteiger partial charge on any atom is 0.317 e. The lowest BCUT2D eigenvalue weighted by Crippen LogP contribution is -2.57. The third-order valence-electron chi connectivity index (χ3n) is 8.12. The summed E-state index contributed by atoms with van der Waals surface area (Å²) in [6, 6.07) is 15.5. The predicted octanol–water partition coefficient (Wildman–Crippen LogP) is 8.73. The van der Waals surface area contributed by atoms with Crippen LogP contribution in [0.2, 0.25) is 0 Å². The molecule has 0 radical (unpaired) electrons. The molecule has 5 heteroatoms. The van der Waals surface area contributed by atoms with E-state index in [4.69, 9.17) is 14.2 Å². The molecular formula is C34H50O5. The fourth-order valence-electron chi connectivity index (χ4n) is 5.78.